The van der Waals surface area contributed by atoms with Gasteiger partial charge in [-0.3, -0.25) is 0 Å². The molecule has 0 fully saturated rings. The summed E-state index contributed by atoms with van der Waals surface area (Å²) in [5.74, 6) is 0.406. The predicted octanol–water partition coefficient (Wildman–Crippen LogP) is 4.36. The van der Waals surface area contributed by atoms with Crippen molar-refractivity contribution >= 4 is 16.2 Å². The molecule has 116 valence electrons. The van der Waals surface area contributed by atoms with Crippen molar-refractivity contribution < 1.29 is 12.6 Å². The van der Waals surface area contributed by atoms with Gasteiger partial charge in [0.2, 0.25) is 0 Å². The van der Waals surface area contributed by atoms with Crippen LogP contribution in [0.2, 0.25) is 0 Å². The van der Waals surface area contributed by atoms with Gasteiger partial charge >= 0.3 is 10.1 Å². The van der Waals surface area contributed by atoms with Crippen molar-refractivity contribution in [2.75, 3.05) is 0 Å². The summed E-state index contributed by atoms with van der Waals surface area (Å²) in [7, 11) is -3.84. The molecule has 3 nitrogen and oxygen atoms in total. The number of allylic oxidation sites excluding steroid dienone is 1. The van der Waals surface area contributed by atoms with Crippen LogP contribution in [0.5, 0.6) is 5.75 Å². The molecule has 0 bridgehead atoms. The third kappa shape index (κ3) is 3.57. The van der Waals surface area contributed by atoms with Gasteiger partial charge in [0.1, 0.15) is 4.90 Å². The Bertz CT molecular complexity index is 772. The fourth-order valence-corrected chi connectivity index (χ4v) is 3.15. The van der Waals surface area contributed by atoms with E-state index in [0.717, 1.165) is 16.7 Å². The van der Waals surface area contributed by atoms with E-state index in [9.17, 15) is 8.42 Å². The Hall–Kier alpha value is -2.07. The molecule has 0 aliphatic carbocycles. The Morgan fingerprint density at radius 2 is 1.77 bits per heavy atom. The summed E-state index contributed by atoms with van der Waals surface area (Å²) < 4.78 is 30.4. The molecular formula is C18H20O3S. The molecule has 0 amide bonds. The third-order valence-electron chi connectivity index (χ3n) is 3.36. The van der Waals surface area contributed by atoms with Gasteiger partial charge in [0.15, 0.2) is 5.75 Å². The summed E-state index contributed by atoms with van der Waals surface area (Å²) in [6.45, 7) is 5.77. The average Bonchev–Trinajstić information content (AvgIpc) is 2.49. The molecule has 0 unspecified atom stereocenters. The van der Waals surface area contributed by atoms with Crippen molar-refractivity contribution in [3.8, 4) is 5.75 Å². The topological polar surface area (TPSA) is 43.4 Å². The summed E-state index contributed by atoms with van der Waals surface area (Å²) in [4.78, 5) is 0.162. The van der Waals surface area contributed by atoms with Crippen LogP contribution in [0.15, 0.2) is 53.4 Å². The Balaban J connectivity index is 2.47. The van der Waals surface area contributed by atoms with E-state index in [1.807, 2.05) is 51.1 Å². The van der Waals surface area contributed by atoms with Gasteiger partial charge < -0.3 is 4.18 Å². The molecule has 22 heavy (non-hydrogen) atoms. The molecule has 0 saturated carbocycles. The van der Waals surface area contributed by atoms with Crippen molar-refractivity contribution in [2.45, 2.75) is 32.1 Å². The minimum Gasteiger partial charge on any atom is -0.378 e. The zero-order valence-corrected chi connectivity index (χ0v) is 13.9. The first kappa shape index (κ1) is 16.3. The monoisotopic (exact) mass is 316 g/mol. The summed E-state index contributed by atoms with van der Waals surface area (Å²) in [5, 5.41) is 0. The predicted molar refractivity (Wildman–Crippen MR) is 89.5 cm³/mol. The van der Waals surface area contributed by atoms with Crippen LogP contribution in [-0.2, 0) is 16.5 Å². The minimum atomic E-state index is -3.84. The first-order chi connectivity index (χ1) is 10.5. The van der Waals surface area contributed by atoms with E-state index in [1.165, 1.54) is 0 Å². The fourth-order valence-electron chi connectivity index (χ4n) is 2.16. The van der Waals surface area contributed by atoms with Gasteiger partial charge in [0.25, 0.3) is 0 Å². The smallest absolute Gasteiger partial charge is 0.339 e. The molecule has 0 aliphatic rings. The lowest BCUT2D eigenvalue weighted by atomic mass is 10.1. The van der Waals surface area contributed by atoms with Crippen molar-refractivity contribution in [3.05, 3.63) is 65.2 Å². The number of para-hydroxylation sites is 1. The number of hydrogen-bond acceptors (Lipinski definition) is 3. The van der Waals surface area contributed by atoms with Gasteiger partial charge in [-0.25, -0.2) is 0 Å². The van der Waals surface area contributed by atoms with Gasteiger partial charge in [-0.1, -0.05) is 55.0 Å². The molecule has 0 aromatic heterocycles. The highest BCUT2D eigenvalue weighted by molar-refractivity contribution is 7.87. The summed E-state index contributed by atoms with van der Waals surface area (Å²) >= 11 is 0. The first-order valence-corrected chi connectivity index (χ1v) is 8.64. The van der Waals surface area contributed by atoms with Crippen molar-refractivity contribution in [1.29, 1.82) is 0 Å². The Morgan fingerprint density at radius 1 is 1.09 bits per heavy atom. The van der Waals surface area contributed by atoms with Crippen LogP contribution >= 0.6 is 0 Å². The normalized spacial score (nSPS) is 11.8. The summed E-state index contributed by atoms with van der Waals surface area (Å²) in [6.07, 6.45) is 4.41. The van der Waals surface area contributed by atoms with E-state index in [-0.39, 0.29) is 4.90 Å². The lowest BCUT2D eigenvalue weighted by Crippen LogP contribution is -2.11. The molecule has 0 radical (unpaired) electrons. The largest absolute Gasteiger partial charge is 0.378 e. The fraction of sp³-hybridized carbons (Fsp3) is 0.222. The molecule has 0 atom stereocenters. The highest BCUT2D eigenvalue weighted by Gasteiger charge is 2.19. The molecule has 0 N–H and O–H groups in total. The molecule has 2 aromatic rings. The number of hydrogen-bond donors (Lipinski definition) is 0. The molecular weight excluding hydrogens is 296 g/mol. The van der Waals surface area contributed by atoms with Gasteiger partial charge in [-0.15, -0.1) is 0 Å². The Kier molecular flexibility index (Phi) is 5.03. The van der Waals surface area contributed by atoms with Crippen LogP contribution in [0, 0.1) is 6.92 Å². The Morgan fingerprint density at radius 3 is 2.36 bits per heavy atom. The maximum absolute atomic E-state index is 12.5. The maximum Gasteiger partial charge on any atom is 0.339 e. The molecule has 0 spiro atoms. The maximum atomic E-state index is 12.5. The SMILES string of the molecule is CC=Cc1cccc(CC)c1OS(=O)(=O)c1ccc(C)cc1. The lowest BCUT2D eigenvalue weighted by Gasteiger charge is -2.13. The van der Waals surface area contributed by atoms with Crippen LogP contribution < -0.4 is 4.18 Å². The van der Waals surface area contributed by atoms with Crippen LogP contribution in [0.4, 0.5) is 0 Å². The van der Waals surface area contributed by atoms with Crippen LogP contribution in [0.3, 0.4) is 0 Å². The van der Waals surface area contributed by atoms with Crippen LogP contribution in [0.25, 0.3) is 6.08 Å². The van der Waals surface area contributed by atoms with Gasteiger partial charge in [0.05, 0.1) is 0 Å². The van der Waals surface area contributed by atoms with E-state index in [1.54, 1.807) is 24.3 Å². The van der Waals surface area contributed by atoms with Crippen molar-refractivity contribution in [1.82, 2.24) is 0 Å². The van der Waals surface area contributed by atoms with E-state index >= 15 is 0 Å². The minimum absolute atomic E-state index is 0.162. The van der Waals surface area contributed by atoms with E-state index < -0.39 is 10.1 Å². The molecule has 4 heteroatoms. The molecule has 0 saturated heterocycles. The summed E-state index contributed by atoms with van der Waals surface area (Å²) in [5.41, 5.74) is 2.63. The van der Waals surface area contributed by atoms with Crippen molar-refractivity contribution in [3.63, 3.8) is 0 Å². The Labute approximate surface area is 132 Å². The second-order valence-corrected chi connectivity index (χ2v) is 6.59. The second kappa shape index (κ2) is 6.79. The molecule has 0 heterocycles. The van der Waals surface area contributed by atoms with E-state index in [4.69, 9.17) is 4.18 Å². The van der Waals surface area contributed by atoms with Crippen LogP contribution in [-0.4, -0.2) is 8.42 Å². The quantitative estimate of drug-likeness (QED) is 0.770. The van der Waals surface area contributed by atoms with Gasteiger partial charge in [-0.05, 0) is 38.0 Å². The van der Waals surface area contributed by atoms with Crippen molar-refractivity contribution in [2.24, 2.45) is 0 Å². The number of rotatable bonds is 5. The van der Waals surface area contributed by atoms with E-state index in [0.29, 0.717) is 12.2 Å². The summed E-state index contributed by atoms with van der Waals surface area (Å²) in [6, 6.07) is 12.3. The molecule has 2 rings (SSSR count). The standard InChI is InChI=1S/C18H20O3S/c1-4-7-16-9-6-8-15(5-2)18(16)21-22(19,20)17-12-10-14(3)11-13-17/h4,6-13H,5H2,1-3H3. The zero-order valence-electron chi connectivity index (χ0n) is 13.0. The molecule has 0 aliphatic heterocycles. The highest BCUT2D eigenvalue weighted by Crippen LogP contribution is 2.29. The van der Waals surface area contributed by atoms with Crippen LogP contribution in [0.1, 0.15) is 30.5 Å². The molecule has 2 aromatic carbocycles. The second-order valence-electron chi connectivity index (χ2n) is 5.04. The van der Waals surface area contributed by atoms with Gasteiger partial charge in [0, 0.05) is 5.56 Å². The average molecular weight is 316 g/mol. The van der Waals surface area contributed by atoms with Gasteiger partial charge in [-0.2, -0.15) is 8.42 Å². The number of benzene rings is 2. The first-order valence-electron chi connectivity index (χ1n) is 7.23. The third-order valence-corrected chi connectivity index (χ3v) is 4.59. The lowest BCUT2D eigenvalue weighted by molar-refractivity contribution is 0.482. The highest BCUT2D eigenvalue weighted by atomic mass is 32.2. The number of aryl methyl sites for hydroxylation is 2. The zero-order chi connectivity index (χ0) is 16.2. The van der Waals surface area contributed by atoms with E-state index in [2.05, 4.69) is 0 Å².